The normalized spacial score (nSPS) is 12.2. The van der Waals surface area contributed by atoms with Gasteiger partial charge in [0.2, 0.25) is 0 Å². The van der Waals surface area contributed by atoms with Crippen LogP contribution in [0, 0.1) is 0 Å². The van der Waals surface area contributed by atoms with Gasteiger partial charge in [0.15, 0.2) is 0 Å². The van der Waals surface area contributed by atoms with Crippen molar-refractivity contribution in [2.75, 3.05) is 0 Å². The third-order valence-corrected chi connectivity index (χ3v) is 1.68. The smallest absolute Gasteiger partial charge is 0.254 e. The summed E-state index contributed by atoms with van der Waals surface area (Å²) in [7, 11) is 1.77. The predicted molar refractivity (Wildman–Crippen MR) is 50.3 cm³/mol. The molecule has 4 nitrogen and oxygen atoms in total. The van der Waals surface area contributed by atoms with Gasteiger partial charge in [-0.25, -0.2) is 0 Å². The highest BCUT2D eigenvalue weighted by Gasteiger charge is 2.08. The Morgan fingerprint density at radius 3 is 3.00 bits per heavy atom. The lowest BCUT2D eigenvalue weighted by molar-refractivity contribution is 0.0947. The molecule has 0 aliphatic heterocycles. The highest BCUT2D eigenvalue weighted by molar-refractivity contribution is 5.93. The van der Waals surface area contributed by atoms with E-state index in [-0.39, 0.29) is 11.9 Å². The standard InChI is InChI=1S/C9H13N3O/c1-4-7(2)11-9(13)8-5-10-12(3)6-8/h4-7H,1H2,2-3H3,(H,11,13). The summed E-state index contributed by atoms with van der Waals surface area (Å²) in [6, 6.07) is -0.0206. The second-order valence-electron chi connectivity index (χ2n) is 2.90. The molecule has 0 aromatic carbocycles. The average Bonchev–Trinajstić information content (AvgIpc) is 2.51. The molecule has 1 aromatic heterocycles. The van der Waals surface area contributed by atoms with E-state index in [2.05, 4.69) is 17.0 Å². The monoisotopic (exact) mass is 179 g/mol. The Kier molecular flexibility index (Phi) is 2.84. The number of aryl methyl sites for hydroxylation is 1. The van der Waals surface area contributed by atoms with E-state index in [1.807, 2.05) is 6.92 Å². The van der Waals surface area contributed by atoms with Crippen molar-refractivity contribution >= 4 is 5.91 Å². The summed E-state index contributed by atoms with van der Waals surface area (Å²) in [5, 5.41) is 6.65. The first-order valence-electron chi connectivity index (χ1n) is 4.05. The Hall–Kier alpha value is -1.58. The molecule has 1 heterocycles. The SMILES string of the molecule is C=CC(C)NC(=O)c1cnn(C)c1. The second-order valence-corrected chi connectivity index (χ2v) is 2.90. The Balaban J connectivity index is 2.63. The molecule has 0 saturated heterocycles. The lowest BCUT2D eigenvalue weighted by Crippen LogP contribution is -2.30. The molecule has 0 spiro atoms. The molecule has 0 fully saturated rings. The maximum absolute atomic E-state index is 11.4. The van der Waals surface area contributed by atoms with Crippen molar-refractivity contribution in [2.45, 2.75) is 13.0 Å². The number of nitrogens with one attached hydrogen (secondary N) is 1. The van der Waals surface area contributed by atoms with Gasteiger partial charge in [-0.1, -0.05) is 6.08 Å². The maximum Gasteiger partial charge on any atom is 0.254 e. The zero-order chi connectivity index (χ0) is 9.84. The van der Waals surface area contributed by atoms with Gasteiger partial charge < -0.3 is 5.32 Å². The first-order valence-corrected chi connectivity index (χ1v) is 4.05. The molecule has 70 valence electrons. The number of hydrogen-bond donors (Lipinski definition) is 1. The van der Waals surface area contributed by atoms with Gasteiger partial charge in [0.05, 0.1) is 11.8 Å². The molecule has 0 aliphatic carbocycles. The van der Waals surface area contributed by atoms with Crippen LogP contribution in [0.5, 0.6) is 0 Å². The number of aromatic nitrogens is 2. The molecule has 0 saturated carbocycles. The van der Waals surface area contributed by atoms with Crippen LogP contribution in [0.3, 0.4) is 0 Å². The molecule has 1 atom stereocenters. The van der Waals surface area contributed by atoms with Crippen molar-refractivity contribution < 1.29 is 4.79 Å². The van der Waals surface area contributed by atoms with E-state index in [0.29, 0.717) is 5.56 Å². The third-order valence-electron chi connectivity index (χ3n) is 1.68. The van der Waals surface area contributed by atoms with Gasteiger partial charge in [-0.05, 0) is 6.92 Å². The summed E-state index contributed by atoms with van der Waals surface area (Å²) in [6.07, 6.45) is 4.88. The lowest BCUT2D eigenvalue weighted by Gasteiger charge is -2.06. The Labute approximate surface area is 77.3 Å². The fraction of sp³-hybridized carbons (Fsp3) is 0.333. The van der Waals surface area contributed by atoms with Gasteiger partial charge in [-0.15, -0.1) is 6.58 Å². The van der Waals surface area contributed by atoms with Gasteiger partial charge in [0.25, 0.3) is 5.91 Å². The fourth-order valence-corrected chi connectivity index (χ4v) is 0.888. The van der Waals surface area contributed by atoms with E-state index < -0.39 is 0 Å². The van der Waals surface area contributed by atoms with Crippen molar-refractivity contribution in [3.63, 3.8) is 0 Å². The van der Waals surface area contributed by atoms with Gasteiger partial charge >= 0.3 is 0 Å². The fourth-order valence-electron chi connectivity index (χ4n) is 0.888. The topological polar surface area (TPSA) is 46.9 Å². The molecule has 1 N–H and O–H groups in total. The van der Waals surface area contributed by atoms with E-state index in [9.17, 15) is 4.79 Å². The second kappa shape index (κ2) is 3.89. The Bertz CT molecular complexity index is 316. The van der Waals surface area contributed by atoms with Crippen LogP contribution in [0.1, 0.15) is 17.3 Å². The average molecular weight is 179 g/mol. The summed E-state index contributed by atoms with van der Waals surface area (Å²) in [4.78, 5) is 11.4. The summed E-state index contributed by atoms with van der Waals surface area (Å²) >= 11 is 0. The molecular formula is C9H13N3O. The van der Waals surface area contributed by atoms with Crippen LogP contribution in [-0.2, 0) is 7.05 Å². The highest BCUT2D eigenvalue weighted by Crippen LogP contribution is 1.96. The summed E-state index contributed by atoms with van der Waals surface area (Å²) in [6.45, 7) is 5.44. The van der Waals surface area contributed by atoms with Crippen LogP contribution in [0.2, 0.25) is 0 Å². The number of hydrogen-bond acceptors (Lipinski definition) is 2. The quantitative estimate of drug-likeness (QED) is 0.695. The van der Waals surface area contributed by atoms with Gasteiger partial charge in [-0.2, -0.15) is 5.10 Å². The minimum absolute atomic E-state index is 0.0206. The minimum Gasteiger partial charge on any atom is -0.346 e. The highest BCUT2D eigenvalue weighted by atomic mass is 16.1. The molecule has 0 radical (unpaired) electrons. The van der Waals surface area contributed by atoms with Crippen molar-refractivity contribution in [2.24, 2.45) is 7.05 Å². The van der Waals surface area contributed by atoms with E-state index in [1.165, 1.54) is 6.20 Å². The number of amides is 1. The van der Waals surface area contributed by atoms with Crippen LogP contribution in [0.4, 0.5) is 0 Å². The minimum atomic E-state index is -0.125. The summed E-state index contributed by atoms with van der Waals surface area (Å²) in [5.74, 6) is -0.125. The number of carbonyl (C=O) groups is 1. The Morgan fingerprint density at radius 2 is 2.54 bits per heavy atom. The van der Waals surface area contributed by atoms with Crippen LogP contribution in [0.15, 0.2) is 25.0 Å². The van der Waals surface area contributed by atoms with Crippen LogP contribution in [0.25, 0.3) is 0 Å². The maximum atomic E-state index is 11.4. The summed E-state index contributed by atoms with van der Waals surface area (Å²) in [5.41, 5.74) is 0.566. The third kappa shape index (κ3) is 2.43. The lowest BCUT2D eigenvalue weighted by atomic mass is 10.3. The number of nitrogens with zero attached hydrogens (tertiary/aromatic N) is 2. The molecule has 1 amide bonds. The number of rotatable bonds is 3. The summed E-state index contributed by atoms with van der Waals surface area (Å²) < 4.78 is 1.59. The van der Waals surface area contributed by atoms with Crippen LogP contribution < -0.4 is 5.32 Å². The van der Waals surface area contributed by atoms with E-state index in [4.69, 9.17) is 0 Å². The van der Waals surface area contributed by atoms with Crippen LogP contribution >= 0.6 is 0 Å². The molecule has 13 heavy (non-hydrogen) atoms. The van der Waals surface area contributed by atoms with E-state index in [0.717, 1.165) is 0 Å². The zero-order valence-corrected chi connectivity index (χ0v) is 7.82. The largest absolute Gasteiger partial charge is 0.346 e. The van der Waals surface area contributed by atoms with Gasteiger partial charge in [0, 0.05) is 19.3 Å². The predicted octanol–water partition coefficient (Wildman–Crippen LogP) is 0.724. The molecule has 1 aromatic rings. The first-order chi connectivity index (χ1) is 6.13. The molecule has 0 bridgehead atoms. The molecule has 0 aliphatic rings. The molecule has 1 rings (SSSR count). The first kappa shape index (κ1) is 9.51. The van der Waals surface area contributed by atoms with Crippen molar-refractivity contribution in [3.8, 4) is 0 Å². The zero-order valence-electron chi connectivity index (χ0n) is 7.82. The molecule has 4 heteroatoms. The van der Waals surface area contributed by atoms with Gasteiger partial charge in [0.1, 0.15) is 0 Å². The number of carbonyl (C=O) groups excluding carboxylic acids is 1. The van der Waals surface area contributed by atoms with E-state index >= 15 is 0 Å². The van der Waals surface area contributed by atoms with E-state index in [1.54, 1.807) is 24.0 Å². The van der Waals surface area contributed by atoms with Crippen molar-refractivity contribution in [1.82, 2.24) is 15.1 Å². The molecule has 1 unspecified atom stereocenters. The van der Waals surface area contributed by atoms with Crippen LogP contribution in [-0.4, -0.2) is 21.7 Å². The van der Waals surface area contributed by atoms with Gasteiger partial charge in [-0.3, -0.25) is 9.48 Å². The van der Waals surface area contributed by atoms with Crippen molar-refractivity contribution in [3.05, 3.63) is 30.6 Å². The Morgan fingerprint density at radius 1 is 1.85 bits per heavy atom. The molecular weight excluding hydrogens is 166 g/mol. The van der Waals surface area contributed by atoms with Crippen molar-refractivity contribution in [1.29, 1.82) is 0 Å².